The summed E-state index contributed by atoms with van der Waals surface area (Å²) in [7, 11) is 1.59. The van der Waals surface area contributed by atoms with Crippen molar-refractivity contribution in [1.29, 1.82) is 0 Å². The molecule has 0 atom stereocenters. The van der Waals surface area contributed by atoms with E-state index in [0.717, 1.165) is 0 Å². The Kier molecular flexibility index (Phi) is 3.55. The van der Waals surface area contributed by atoms with Gasteiger partial charge in [0.2, 0.25) is 11.8 Å². The number of halogens is 1. The second kappa shape index (κ2) is 5.11. The Balaban J connectivity index is 2.40. The minimum Gasteiger partial charge on any atom is -0.474 e. The summed E-state index contributed by atoms with van der Waals surface area (Å²) in [6.07, 6.45) is 0. The molecule has 2 aromatic heterocycles. The maximum absolute atomic E-state index is 5.81. The molecule has 2 heterocycles. The average molecular weight is 255 g/mol. The zero-order valence-electron chi connectivity index (χ0n) is 9.18. The van der Waals surface area contributed by atoms with Crippen LogP contribution >= 0.6 is 11.6 Å². The van der Waals surface area contributed by atoms with Crippen LogP contribution < -0.4 is 10.5 Å². The minimum absolute atomic E-state index is 0.133. The third-order valence-electron chi connectivity index (χ3n) is 2.02. The van der Waals surface area contributed by atoms with Crippen LogP contribution in [0.4, 0.5) is 5.95 Å². The molecule has 90 valence electrons. The van der Waals surface area contributed by atoms with Crippen LogP contribution in [0, 0.1) is 0 Å². The Labute approximate surface area is 103 Å². The van der Waals surface area contributed by atoms with Crippen molar-refractivity contribution in [3.05, 3.63) is 17.3 Å². The number of pyridine rings is 1. The first-order valence-corrected chi connectivity index (χ1v) is 5.30. The standard InChI is InChI=1S/C10H11ClN4O2/c1-16-4-5-17-9-8-6(13-10(12)15-9)2-3-7(11)14-8/h2-3H,4-5H2,1H3,(H2,12,13,15). The smallest absolute Gasteiger partial charge is 0.245 e. The van der Waals surface area contributed by atoms with E-state index in [1.807, 2.05) is 0 Å². The maximum atomic E-state index is 5.81. The normalized spacial score (nSPS) is 10.7. The van der Waals surface area contributed by atoms with Gasteiger partial charge in [0.25, 0.3) is 0 Å². The number of nitrogens with two attached hydrogens (primary N) is 1. The monoisotopic (exact) mass is 254 g/mol. The molecule has 2 rings (SSSR count). The molecule has 0 unspecified atom stereocenters. The van der Waals surface area contributed by atoms with E-state index in [-0.39, 0.29) is 5.95 Å². The minimum atomic E-state index is 0.133. The summed E-state index contributed by atoms with van der Waals surface area (Å²) >= 11 is 5.81. The lowest BCUT2D eigenvalue weighted by atomic mass is 10.3. The quantitative estimate of drug-likeness (QED) is 0.654. The van der Waals surface area contributed by atoms with Gasteiger partial charge in [-0.05, 0) is 12.1 Å². The number of aromatic nitrogens is 3. The molecule has 0 bridgehead atoms. The molecular formula is C10H11ClN4O2. The van der Waals surface area contributed by atoms with Gasteiger partial charge in [0, 0.05) is 7.11 Å². The summed E-state index contributed by atoms with van der Waals surface area (Å²) in [5.74, 6) is 0.445. The second-order valence-electron chi connectivity index (χ2n) is 3.23. The zero-order chi connectivity index (χ0) is 12.3. The van der Waals surface area contributed by atoms with Gasteiger partial charge < -0.3 is 15.2 Å². The Hall–Kier alpha value is -1.66. The van der Waals surface area contributed by atoms with Crippen molar-refractivity contribution in [2.24, 2.45) is 0 Å². The lowest BCUT2D eigenvalue weighted by molar-refractivity contribution is 0.144. The van der Waals surface area contributed by atoms with Gasteiger partial charge in [0.1, 0.15) is 11.8 Å². The first-order valence-electron chi connectivity index (χ1n) is 4.92. The summed E-state index contributed by atoms with van der Waals surface area (Å²) < 4.78 is 10.3. The molecule has 0 radical (unpaired) electrons. The molecule has 6 nitrogen and oxygen atoms in total. The van der Waals surface area contributed by atoms with E-state index in [2.05, 4.69) is 15.0 Å². The van der Waals surface area contributed by atoms with Crippen LogP contribution in [0.1, 0.15) is 0 Å². The number of ether oxygens (including phenoxy) is 2. The summed E-state index contributed by atoms with van der Waals surface area (Å²) in [4.78, 5) is 12.1. The van der Waals surface area contributed by atoms with E-state index in [4.69, 9.17) is 26.8 Å². The van der Waals surface area contributed by atoms with Crippen LogP contribution in [0.25, 0.3) is 11.0 Å². The van der Waals surface area contributed by atoms with Crippen LogP contribution in [-0.4, -0.2) is 35.3 Å². The van der Waals surface area contributed by atoms with Gasteiger partial charge in [-0.15, -0.1) is 0 Å². The summed E-state index contributed by atoms with van der Waals surface area (Å²) in [5.41, 5.74) is 6.65. The Bertz CT molecular complexity index is 535. The molecule has 7 heteroatoms. The van der Waals surface area contributed by atoms with Gasteiger partial charge in [-0.3, -0.25) is 0 Å². The molecule has 0 saturated carbocycles. The van der Waals surface area contributed by atoms with Crippen LogP contribution in [0.2, 0.25) is 5.15 Å². The first-order chi connectivity index (χ1) is 8.20. The molecule has 0 spiro atoms. The van der Waals surface area contributed by atoms with Crippen LogP contribution in [0.3, 0.4) is 0 Å². The van der Waals surface area contributed by atoms with Crippen molar-refractivity contribution in [1.82, 2.24) is 15.0 Å². The first kappa shape index (κ1) is 11.8. The molecule has 0 saturated heterocycles. The maximum Gasteiger partial charge on any atom is 0.245 e. The summed E-state index contributed by atoms with van der Waals surface area (Å²) in [6.45, 7) is 0.808. The zero-order valence-corrected chi connectivity index (χ0v) is 9.94. The average Bonchev–Trinajstić information content (AvgIpc) is 2.30. The number of nitrogen functional groups attached to an aromatic ring is 1. The molecule has 0 aromatic carbocycles. The highest BCUT2D eigenvalue weighted by atomic mass is 35.5. The highest BCUT2D eigenvalue weighted by molar-refractivity contribution is 6.29. The number of fused-ring (bicyclic) bond motifs is 1. The second-order valence-corrected chi connectivity index (χ2v) is 3.62. The fourth-order valence-electron chi connectivity index (χ4n) is 1.30. The number of anilines is 1. The van der Waals surface area contributed by atoms with Gasteiger partial charge in [-0.1, -0.05) is 11.6 Å². The van der Waals surface area contributed by atoms with Crippen molar-refractivity contribution in [3.8, 4) is 5.88 Å². The number of rotatable bonds is 4. The van der Waals surface area contributed by atoms with Gasteiger partial charge >= 0.3 is 0 Å². The Morgan fingerprint density at radius 3 is 2.82 bits per heavy atom. The molecule has 0 aliphatic rings. The van der Waals surface area contributed by atoms with E-state index in [1.54, 1.807) is 19.2 Å². The third kappa shape index (κ3) is 2.72. The predicted octanol–water partition coefficient (Wildman–Crippen LogP) is 1.29. The molecule has 2 N–H and O–H groups in total. The molecular weight excluding hydrogens is 244 g/mol. The van der Waals surface area contributed by atoms with Crippen molar-refractivity contribution in [2.75, 3.05) is 26.1 Å². The van der Waals surface area contributed by atoms with E-state index >= 15 is 0 Å². The highest BCUT2D eigenvalue weighted by Crippen LogP contribution is 2.22. The van der Waals surface area contributed by atoms with Crippen molar-refractivity contribution >= 4 is 28.6 Å². The molecule has 0 fully saturated rings. The third-order valence-corrected chi connectivity index (χ3v) is 2.23. The molecule has 17 heavy (non-hydrogen) atoms. The van der Waals surface area contributed by atoms with E-state index in [1.165, 1.54) is 0 Å². The van der Waals surface area contributed by atoms with Gasteiger partial charge in [0.05, 0.1) is 12.1 Å². The summed E-state index contributed by atoms with van der Waals surface area (Å²) in [6, 6.07) is 3.35. The number of nitrogens with zero attached hydrogens (tertiary/aromatic N) is 3. The van der Waals surface area contributed by atoms with E-state index < -0.39 is 0 Å². The fraction of sp³-hybridized carbons (Fsp3) is 0.300. The van der Waals surface area contributed by atoms with Crippen LogP contribution in [0.15, 0.2) is 12.1 Å². The topological polar surface area (TPSA) is 83.2 Å². The van der Waals surface area contributed by atoms with Gasteiger partial charge in [-0.25, -0.2) is 9.97 Å². The number of methoxy groups -OCH3 is 1. The highest BCUT2D eigenvalue weighted by Gasteiger charge is 2.09. The number of hydrogen-bond acceptors (Lipinski definition) is 6. The van der Waals surface area contributed by atoms with Crippen molar-refractivity contribution in [2.45, 2.75) is 0 Å². The summed E-state index contributed by atoms with van der Waals surface area (Å²) in [5, 5.41) is 0.350. The Morgan fingerprint density at radius 2 is 2.06 bits per heavy atom. The largest absolute Gasteiger partial charge is 0.474 e. The van der Waals surface area contributed by atoms with Gasteiger partial charge in [-0.2, -0.15) is 4.98 Å². The Morgan fingerprint density at radius 1 is 1.24 bits per heavy atom. The lowest BCUT2D eigenvalue weighted by Gasteiger charge is -2.07. The SMILES string of the molecule is COCCOc1nc(N)nc2ccc(Cl)nc12. The molecule has 0 amide bonds. The van der Waals surface area contributed by atoms with Crippen molar-refractivity contribution < 1.29 is 9.47 Å². The fourth-order valence-corrected chi connectivity index (χ4v) is 1.45. The van der Waals surface area contributed by atoms with Gasteiger partial charge in [0.15, 0.2) is 5.52 Å². The van der Waals surface area contributed by atoms with Crippen molar-refractivity contribution in [3.63, 3.8) is 0 Å². The van der Waals surface area contributed by atoms with E-state index in [0.29, 0.717) is 35.3 Å². The molecule has 0 aliphatic heterocycles. The lowest BCUT2D eigenvalue weighted by Crippen LogP contribution is -2.08. The molecule has 2 aromatic rings. The molecule has 0 aliphatic carbocycles. The van der Waals surface area contributed by atoms with Crippen LogP contribution in [0.5, 0.6) is 5.88 Å². The predicted molar refractivity (Wildman–Crippen MR) is 64.1 cm³/mol. The van der Waals surface area contributed by atoms with E-state index in [9.17, 15) is 0 Å². The van der Waals surface area contributed by atoms with Crippen LogP contribution in [-0.2, 0) is 4.74 Å². The number of hydrogen-bond donors (Lipinski definition) is 1.